The minimum atomic E-state index is -3.03. The van der Waals surface area contributed by atoms with Crippen LogP contribution in [0.1, 0.15) is 32.9 Å². The van der Waals surface area contributed by atoms with Crippen molar-refractivity contribution in [1.29, 1.82) is 0 Å². The van der Waals surface area contributed by atoms with Crippen LogP contribution >= 0.6 is 11.3 Å². The van der Waals surface area contributed by atoms with Crippen LogP contribution in [-0.2, 0) is 16.4 Å². The molecule has 1 aromatic carbocycles. The summed E-state index contributed by atoms with van der Waals surface area (Å²) in [7, 11) is -1.33. The number of rotatable bonds is 4. The molecule has 8 heteroatoms. The molecule has 1 fully saturated rings. The third-order valence-corrected chi connectivity index (χ3v) is 8.23. The molecule has 0 radical (unpaired) electrons. The molecule has 2 aromatic heterocycles. The van der Waals surface area contributed by atoms with E-state index in [0.29, 0.717) is 17.8 Å². The molecule has 1 amide bonds. The summed E-state index contributed by atoms with van der Waals surface area (Å²) < 4.78 is 25.4. The first-order valence-electron chi connectivity index (χ1n) is 9.23. The van der Waals surface area contributed by atoms with E-state index >= 15 is 0 Å². The molecule has 0 saturated carbocycles. The van der Waals surface area contributed by atoms with E-state index in [1.54, 1.807) is 11.9 Å². The molecular formula is C20H23N3O3S2. The van der Waals surface area contributed by atoms with Gasteiger partial charge in [-0.1, -0.05) is 29.8 Å². The van der Waals surface area contributed by atoms with Crippen LogP contribution in [0.25, 0.3) is 10.2 Å². The smallest absolute Gasteiger partial charge is 0.264 e. The summed E-state index contributed by atoms with van der Waals surface area (Å²) in [5.74, 6) is 0.0942. The Bertz CT molecular complexity index is 1140. The summed E-state index contributed by atoms with van der Waals surface area (Å²) in [5.41, 5.74) is 3.26. The second-order valence-corrected chi connectivity index (χ2v) is 10.8. The van der Waals surface area contributed by atoms with Crippen molar-refractivity contribution >= 4 is 37.3 Å². The van der Waals surface area contributed by atoms with E-state index in [1.165, 1.54) is 16.9 Å². The van der Waals surface area contributed by atoms with Crippen molar-refractivity contribution in [2.75, 3.05) is 18.6 Å². The molecule has 6 nitrogen and oxygen atoms in total. The van der Waals surface area contributed by atoms with Crippen LogP contribution in [-0.4, -0.2) is 53.6 Å². The molecule has 3 aromatic rings. The Hall–Kier alpha value is -2.19. The molecule has 148 valence electrons. The predicted octanol–water partition coefficient (Wildman–Crippen LogP) is 3.02. The average Bonchev–Trinajstić information content (AvgIpc) is 3.31. The molecule has 1 saturated heterocycles. The van der Waals surface area contributed by atoms with Crippen molar-refractivity contribution in [3.8, 4) is 0 Å². The summed E-state index contributed by atoms with van der Waals surface area (Å²) in [6.07, 6.45) is 0.510. The zero-order valence-electron chi connectivity index (χ0n) is 16.2. The molecule has 4 rings (SSSR count). The number of amides is 1. The number of aryl methyl sites for hydroxylation is 2. The number of sulfone groups is 1. The lowest BCUT2D eigenvalue weighted by Crippen LogP contribution is -2.37. The molecule has 0 bridgehead atoms. The van der Waals surface area contributed by atoms with Gasteiger partial charge < -0.3 is 4.90 Å². The van der Waals surface area contributed by atoms with Crippen LogP contribution in [0.5, 0.6) is 0 Å². The molecule has 0 unspecified atom stereocenters. The van der Waals surface area contributed by atoms with Gasteiger partial charge in [0.15, 0.2) is 9.84 Å². The number of carbonyl (C=O) groups is 1. The fraction of sp³-hybridized carbons (Fsp3) is 0.400. The number of carbonyl (C=O) groups excluding carboxylic acids is 1. The SMILES string of the molecule is Cc1ccc(Cn2nc(C)c3cc(C(=O)N(C)[C@@H]4CCS(=O)(=O)C4)sc32)cc1. The normalized spacial score (nSPS) is 18.6. The van der Waals surface area contributed by atoms with Crippen molar-refractivity contribution in [1.82, 2.24) is 14.7 Å². The maximum Gasteiger partial charge on any atom is 0.264 e. The van der Waals surface area contributed by atoms with Gasteiger partial charge in [0.05, 0.1) is 28.6 Å². The van der Waals surface area contributed by atoms with E-state index in [0.717, 1.165) is 21.5 Å². The molecule has 1 aliphatic rings. The lowest BCUT2D eigenvalue weighted by Gasteiger charge is -2.22. The van der Waals surface area contributed by atoms with E-state index < -0.39 is 9.84 Å². The van der Waals surface area contributed by atoms with E-state index in [-0.39, 0.29) is 23.5 Å². The van der Waals surface area contributed by atoms with Gasteiger partial charge in [-0.05, 0) is 31.9 Å². The van der Waals surface area contributed by atoms with Gasteiger partial charge in [0.25, 0.3) is 5.91 Å². The molecule has 1 aliphatic heterocycles. The van der Waals surface area contributed by atoms with E-state index in [1.807, 2.05) is 17.7 Å². The number of benzene rings is 1. The lowest BCUT2D eigenvalue weighted by molar-refractivity contribution is 0.0752. The van der Waals surface area contributed by atoms with Crippen molar-refractivity contribution in [3.63, 3.8) is 0 Å². The number of hydrogen-bond acceptors (Lipinski definition) is 5. The second-order valence-electron chi connectivity index (χ2n) is 7.53. The Morgan fingerprint density at radius 2 is 2.00 bits per heavy atom. The highest BCUT2D eigenvalue weighted by atomic mass is 32.2. The Morgan fingerprint density at radius 1 is 1.29 bits per heavy atom. The Balaban J connectivity index is 1.61. The van der Waals surface area contributed by atoms with Crippen molar-refractivity contribution in [2.24, 2.45) is 0 Å². The van der Waals surface area contributed by atoms with Crippen LogP contribution in [0.2, 0.25) is 0 Å². The highest BCUT2D eigenvalue weighted by Crippen LogP contribution is 2.30. The van der Waals surface area contributed by atoms with Gasteiger partial charge in [0.1, 0.15) is 4.83 Å². The number of thiophene rings is 1. The number of hydrogen-bond donors (Lipinski definition) is 0. The minimum absolute atomic E-state index is 0.0559. The first-order valence-corrected chi connectivity index (χ1v) is 11.9. The first-order chi connectivity index (χ1) is 13.2. The monoisotopic (exact) mass is 417 g/mol. The topological polar surface area (TPSA) is 72.3 Å². The summed E-state index contributed by atoms with van der Waals surface area (Å²) in [6, 6.07) is 9.98. The maximum absolute atomic E-state index is 12.9. The molecule has 0 N–H and O–H groups in total. The van der Waals surface area contributed by atoms with Gasteiger partial charge in [-0.25, -0.2) is 8.42 Å². The molecule has 0 spiro atoms. The van der Waals surface area contributed by atoms with Crippen LogP contribution in [0, 0.1) is 13.8 Å². The largest absolute Gasteiger partial charge is 0.337 e. The number of fused-ring (bicyclic) bond motifs is 1. The van der Waals surface area contributed by atoms with Gasteiger partial charge in [0, 0.05) is 18.5 Å². The van der Waals surface area contributed by atoms with Gasteiger partial charge in [-0.2, -0.15) is 5.10 Å². The van der Waals surface area contributed by atoms with Crippen LogP contribution in [0.15, 0.2) is 30.3 Å². The van der Waals surface area contributed by atoms with Crippen LogP contribution < -0.4 is 0 Å². The van der Waals surface area contributed by atoms with Gasteiger partial charge in [-0.3, -0.25) is 9.48 Å². The standard InChI is InChI=1S/C20H23N3O3S2/c1-13-4-6-15(7-5-13)11-23-20-17(14(2)21-23)10-18(27-20)19(24)22(3)16-8-9-28(25,26)12-16/h4-7,10,16H,8-9,11-12H2,1-3H3/t16-/m1/s1. The Morgan fingerprint density at radius 3 is 2.64 bits per heavy atom. The first kappa shape index (κ1) is 19.1. The van der Waals surface area contributed by atoms with Crippen molar-refractivity contribution in [2.45, 2.75) is 32.9 Å². The zero-order chi connectivity index (χ0) is 20.1. The van der Waals surface area contributed by atoms with Crippen LogP contribution in [0.4, 0.5) is 0 Å². The van der Waals surface area contributed by atoms with E-state index in [2.05, 4.69) is 36.3 Å². The minimum Gasteiger partial charge on any atom is -0.337 e. The van der Waals surface area contributed by atoms with E-state index in [4.69, 9.17) is 0 Å². The summed E-state index contributed by atoms with van der Waals surface area (Å²) >= 11 is 1.42. The van der Waals surface area contributed by atoms with Crippen molar-refractivity contribution < 1.29 is 13.2 Å². The zero-order valence-corrected chi connectivity index (χ0v) is 17.8. The second kappa shape index (κ2) is 7.00. The summed E-state index contributed by atoms with van der Waals surface area (Å²) in [6.45, 7) is 4.65. The van der Waals surface area contributed by atoms with Crippen LogP contribution in [0.3, 0.4) is 0 Å². The quantitative estimate of drug-likeness (QED) is 0.654. The van der Waals surface area contributed by atoms with Gasteiger partial charge in [0.2, 0.25) is 0 Å². The molecule has 3 heterocycles. The van der Waals surface area contributed by atoms with E-state index in [9.17, 15) is 13.2 Å². The molecule has 28 heavy (non-hydrogen) atoms. The Kier molecular flexibility index (Phi) is 4.79. The summed E-state index contributed by atoms with van der Waals surface area (Å²) in [4.78, 5) is 16.1. The predicted molar refractivity (Wildman–Crippen MR) is 112 cm³/mol. The van der Waals surface area contributed by atoms with Crippen molar-refractivity contribution in [3.05, 3.63) is 52.0 Å². The third-order valence-electron chi connectivity index (χ3n) is 5.35. The number of aromatic nitrogens is 2. The highest BCUT2D eigenvalue weighted by molar-refractivity contribution is 7.91. The highest BCUT2D eigenvalue weighted by Gasteiger charge is 2.33. The maximum atomic E-state index is 12.9. The average molecular weight is 418 g/mol. The number of nitrogens with zero attached hydrogens (tertiary/aromatic N) is 3. The molecular weight excluding hydrogens is 394 g/mol. The van der Waals surface area contributed by atoms with Gasteiger partial charge >= 0.3 is 0 Å². The van der Waals surface area contributed by atoms with Gasteiger partial charge in [-0.15, -0.1) is 11.3 Å². The fourth-order valence-corrected chi connectivity index (χ4v) is 6.53. The summed E-state index contributed by atoms with van der Waals surface area (Å²) in [5, 5.41) is 5.61. The molecule has 0 aliphatic carbocycles. The fourth-order valence-electron chi connectivity index (χ4n) is 3.61. The lowest BCUT2D eigenvalue weighted by atomic mass is 10.1. The Labute approximate surface area is 168 Å². The third kappa shape index (κ3) is 3.58. The molecule has 1 atom stereocenters.